The van der Waals surface area contributed by atoms with Gasteiger partial charge < -0.3 is 9.84 Å². The van der Waals surface area contributed by atoms with Crippen molar-refractivity contribution in [3.8, 4) is 0 Å². The fourth-order valence-electron chi connectivity index (χ4n) is 0.978. The summed E-state index contributed by atoms with van der Waals surface area (Å²) in [5.41, 5.74) is 0.185. The summed E-state index contributed by atoms with van der Waals surface area (Å²) in [4.78, 5) is 15.3. The number of ether oxygens (including phenoxy) is 1. The molecule has 0 amide bonds. The van der Waals surface area contributed by atoms with Gasteiger partial charge in [0.15, 0.2) is 0 Å². The van der Waals surface area contributed by atoms with Crippen LogP contribution in [0, 0.1) is 0 Å². The van der Waals surface area contributed by atoms with Crippen LogP contribution in [0.2, 0.25) is 0 Å². The third kappa shape index (κ3) is 2.24. The molecule has 0 bridgehead atoms. The van der Waals surface area contributed by atoms with Gasteiger partial charge in [-0.1, -0.05) is 0 Å². The number of hydrogen-bond donors (Lipinski definition) is 1. The average Bonchev–Trinajstić information content (AvgIpc) is 2.56. The number of rotatable bonds is 2. The molecule has 1 aliphatic rings. The second kappa shape index (κ2) is 4.32. The maximum Gasteiger partial charge on any atom is 0.344 e. The van der Waals surface area contributed by atoms with Crippen LogP contribution < -0.4 is 0 Å². The lowest BCUT2D eigenvalue weighted by Gasteiger charge is -2.04. The van der Waals surface area contributed by atoms with E-state index in [1.54, 1.807) is 0 Å². The number of carbonyl (C=O) groups excluding carboxylic acids is 1. The number of carbonyl (C=O) groups is 1. The van der Waals surface area contributed by atoms with E-state index in [9.17, 15) is 9.90 Å². The van der Waals surface area contributed by atoms with Crippen LogP contribution in [0.5, 0.6) is 0 Å². The van der Waals surface area contributed by atoms with Gasteiger partial charge in [-0.25, -0.2) is 4.79 Å². The molecule has 0 aromatic carbocycles. The second-order valence-corrected chi connectivity index (χ2v) is 3.57. The lowest BCUT2D eigenvalue weighted by Crippen LogP contribution is -2.13. The van der Waals surface area contributed by atoms with Crippen LogP contribution in [0.3, 0.4) is 0 Å². The minimum absolute atomic E-state index is 0.0417. The Morgan fingerprint density at radius 2 is 2.38 bits per heavy atom. The predicted molar refractivity (Wildman–Crippen MR) is 52.1 cm³/mol. The summed E-state index contributed by atoms with van der Waals surface area (Å²) >= 11 is 1.45. The molecular formula is C8H11NO3S. The predicted octanol–water partition coefficient (Wildman–Crippen LogP) is 1.14. The molecule has 1 N–H and O–H groups in total. The Labute approximate surface area is 80.7 Å². The molecule has 1 aliphatic heterocycles. The van der Waals surface area contributed by atoms with Crippen LogP contribution in [0.25, 0.3) is 0 Å². The molecule has 1 heterocycles. The molecule has 0 saturated heterocycles. The van der Waals surface area contributed by atoms with E-state index >= 15 is 0 Å². The van der Waals surface area contributed by atoms with Crippen molar-refractivity contribution in [2.45, 2.75) is 6.92 Å². The van der Waals surface area contributed by atoms with Gasteiger partial charge in [-0.15, -0.1) is 11.8 Å². The van der Waals surface area contributed by atoms with Crippen LogP contribution in [-0.4, -0.2) is 35.5 Å². The molecule has 0 fully saturated rings. The van der Waals surface area contributed by atoms with E-state index in [1.165, 1.54) is 25.8 Å². The van der Waals surface area contributed by atoms with Crippen LogP contribution in [0.4, 0.5) is 0 Å². The zero-order valence-corrected chi connectivity index (χ0v) is 8.35. The highest BCUT2D eigenvalue weighted by molar-refractivity contribution is 8.14. The summed E-state index contributed by atoms with van der Waals surface area (Å²) in [6, 6.07) is 0. The Kier molecular flexibility index (Phi) is 3.36. The number of aliphatic hydroxyl groups excluding tert-OH is 1. The molecule has 72 valence electrons. The van der Waals surface area contributed by atoms with E-state index in [0.29, 0.717) is 11.6 Å². The van der Waals surface area contributed by atoms with E-state index < -0.39 is 5.97 Å². The van der Waals surface area contributed by atoms with Crippen molar-refractivity contribution in [2.75, 3.05) is 19.4 Å². The lowest BCUT2D eigenvalue weighted by molar-refractivity contribution is -0.135. The first-order chi connectivity index (χ1) is 6.16. The van der Waals surface area contributed by atoms with Crippen molar-refractivity contribution >= 4 is 22.8 Å². The Balaban J connectivity index is 2.93. The quantitative estimate of drug-likeness (QED) is 0.413. The number of nitrogens with zero attached hydrogens (tertiary/aromatic N) is 1. The summed E-state index contributed by atoms with van der Waals surface area (Å²) in [6.07, 6.45) is 0. The van der Waals surface area contributed by atoms with Gasteiger partial charge in [-0.3, -0.25) is 4.99 Å². The molecule has 0 aromatic heterocycles. The molecule has 1 rings (SSSR count). The fraction of sp³-hybridized carbons (Fsp3) is 0.500. The summed E-state index contributed by atoms with van der Waals surface area (Å²) in [5.74, 6) is 0.275. The number of allylic oxidation sites excluding steroid dienone is 1. The highest BCUT2D eigenvalue weighted by atomic mass is 32.2. The number of aliphatic hydroxyl groups is 1. The van der Waals surface area contributed by atoms with Crippen LogP contribution >= 0.6 is 11.8 Å². The fourth-order valence-corrected chi connectivity index (χ4v) is 1.91. The molecule has 0 aromatic rings. The molecule has 5 heteroatoms. The molecule has 0 aliphatic carbocycles. The molecule has 0 spiro atoms. The third-order valence-electron chi connectivity index (χ3n) is 1.55. The van der Waals surface area contributed by atoms with Crippen molar-refractivity contribution in [3.63, 3.8) is 0 Å². The molecule has 0 saturated carbocycles. The number of hydrogen-bond acceptors (Lipinski definition) is 5. The number of esters is 1. The smallest absolute Gasteiger partial charge is 0.344 e. The first-order valence-corrected chi connectivity index (χ1v) is 4.81. The normalized spacial score (nSPS) is 17.8. The van der Waals surface area contributed by atoms with Gasteiger partial charge in [0, 0.05) is 12.3 Å². The zero-order valence-electron chi connectivity index (χ0n) is 7.53. The van der Waals surface area contributed by atoms with Crippen molar-refractivity contribution in [1.29, 1.82) is 0 Å². The highest BCUT2D eigenvalue weighted by Crippen LogP contribution is 2.21. The molecule has 0 atom stereocenters. The van der Waals surface area contributed by atoms with E-state index in [1.807, 2.05) is 0 Å². The van der Waals surface area contributed by atoms with Crippen molar-refractivity contribution in [1.82, 2.24) is 0 Å². The van der Waals surface area contributed by atoms with Crippen LogP contribution in [0.1, 0.15) is 6.92 Å². The van der Waals surface area contributed by atoms with Gasteiger partial charge in [0.05, 0.1) is 7.11 Å². The second-order valence-electron chi connectivity index (χ2n) is 2.49. The van der Waals surface area contributed by atoms with Crippen LogP contribution in [-0.2, 0) is 9.53 Å². The van der Waals surface area contributed by atoms with Gasteiger partial charge in [0.2, 0.25) is 0 Å². The summed E-state index contributed by atoms with van der Waals surface area (Å²) in [7, 11) is 1.28. The number of aliphatic imine (C=N–C) groups is 1. The first kappa shape index (κ1) is 10.1. The maximum atomic E-state index is 11.2. The SMILES string of the molecule is COC(=O)/C(C1=NCCS1)=C(/C)O. The molecule has 0 radical (unpaired) electrons. The topological polar surface area (TPSA) is 58.9 Å². The maximum absolute atomic E-state index is 11.2. The van der Waals surface area contributed by atoms with Gasteiger partial charge in [0.25, 0.3) is 0 Å². The Morgan fingerprint density at radius 3 is 2.77 bits per heavy atom. The van der Waals surface area contributed by atoms with Gasteiger partial charge >= 0.3 is 5.97 Å². The van der Waals surface area contributed by atoms with Crippen molar-refractivity contribution < 1.29 is 14.6 Å². The van der Waals surface area contributed by atoms with Gasteiger partial charge in [-0.2, -0.15) is 0 Å². The summed E-state index contributed by atoms with van der Waals surface area (Å²) in [5, 5.41) is 9.83. The number of methoxy groups -OCH3 is 1. The Hall–Kier alpha value is -0.970. The average molecular weight is 201 g/mol. The highest BCUT2D eigenvalue weighted by Gasteiger charge is 2.22. The van der Waals surface area contributed by atoms with E-state index in [4.69, 9.17) is 0 Å². The van der Waals surface area contributed by atoms with Gasteiger partial charge in [-0.05, 0) is 6.92 Å². The minimum atomic E-state index is -0.534. The summed E-state index contributed by atoms with van der Waals surface area (Å²) in [6.45, 7) is 2.14. The molecule has 0 unspecified atom stereocenters. The third-order valence-corrected chi connectivity index (χ3v) is 2.54. The van der Waals surface area contributed by atoms with Crippen molar-refractivity contribution in [2.24, 2.45) is 4.99 Å². The minimum Gasteiger partial charge on any atom is -0.512 e. The molecule has 13 heavy (non-hydrogen) atoms. The van der Waals surface area contributed by atoms with Crippen LogP contribution in [0.15, 0.2) is 16.3 Å². The summed E-state index contributed by atoms with van der Waals surface area (Å²) < 4.78 is 4.54. The van der Waals surface area contributed by atoms with Crippen molar-refractivity contribution in [3.05, 3.63) is 11.3 Å². The lowest BCUT2D eigenvalue weighted by atomic mass is 10.2. The molecule has 4 nitrogen and oxygen atoms in total. The van der Waals surface area contributed by atoms with E-state index in [0.717, 1.165) is 5.75 Å². The monoisotopic (exact) mass is 201 g/mol. The number of thioether (sulfide) groups is 1. The van der Waals surface area contributed by atoms with E-state index in [2.05, 4.69) is 9.73 Å². The van der Waals surface area contributed by atoms with Gasteiger partial charge in [0.1, 0.15) is 16.4 Å². The standard InChI is InChI=1S/C8H11NO3S/c1-5(10)6(8(11)12-2)7-9-3-4-13-7/h10H,3-4H2,1-2H3/b6-5-. The van der Waals surface area contributed by atoms with E-state index in [-0.39, 0.29) is 11.3 Å². The zero-order chi connectivity index (χ0) is 9.84. The largest absolute Gasteiger partial charge is 0.512 e. The Morgan fingerprint density at radius 1 is 1.69 bits per heavy atom. The first-order valence-electron chi connectivity index (χ1n) is 3.82. The Bertz CT molecular complexity index is 279. The molecular weight excluding hydrogens is 190 g/mol.